The van der Waals surface area contributed by atoms with Gasteiger partial charge in [0.1, 0.15) is 0 Å². The first kappa shape index (κ1) is 15.3. The van der Waals surface area contributed by atoms with E-state index in [1.165, 1.54) is 4.90 Å². The van der Waals surface area contributed by atoms with Gasteiger partial charge in [0.25, 0.3) is 0 Å². The van der Waals surface area contributed by atoms with E-state index in [2.05, 4.69) is 31.2 Å². The maximum atomic E-state index is 10.7. The molecule has 0 amide bonds. The van der Waals surface area contributed by atoms with Gasteiger partial charge in [-0.1, -0.05) is 19.1 Å². The largest absolute Gasteiger partial charge is 0.388 e. The Hall–Kier alpha value is -0.550. The zero-order valence-electron chi connectivity index (χ0n) is 12.6. The topological polar surface area (TPSA) is 38.7 Å². The zero-order chi connectivity index (χ0) is 14.7. The Morgan fingerprint density at radius 2 is 2.14 bits per heavy atom. The first-order valence-corrected chi connectivity index (χ1v) is 8.83. The maximum absolute atomic E-state index is 10.7. The van der Waals surface area contributed by atoms with E-state index >= 15 is 0 Å². The van der Waals surface area contributed by atoms with E-state index in [0.717, 1.165) is 43.8 Å². The van der Waals surface area contributed by atoms with Crippen LogP contribution in [0.15, 0.2) is 29.2 Å². The molecule has 3 nitrogen and oxygen atoms in total. The molecule has 1 aromatic carbocycles. The van der Waals surface area contributed by atoms with Gasteiger partial charge in [-0.15, -0.1) is 11.8 Å². The summed E-state index contributed by atoms with van der Waals surface area (Å²) >= 11 is 1.83. The van der Waals surface area contributed by atoms with Crippen molar-refractivity contribution >= 4 is 11.8 Å². The second-order valence-corrected chi connectivity index (χ2v) is 7.37. The number of hydrogen-bond donors (Lipinski definition) is 1. The standard InChI is InChI=1S/C17H24O3S/c1-2-21-15-5-3-13(4-6-15)16(18)14-7-9-20-17(11-14)8-10-19-12-17/h3-6,14,16,18H,2,7-12H2,1H3. The van der Waals surface area contributed by atoms with Crippen LogP contribution in [-0.2, 0) is 9.47 Å². The molecule has 2 aliphatic heterocycles. The molecule has 1 aromatic rings. The van der Waals surface area contributed by atoms with Gasteiger partial charge in [0.05, 0.1) is 18.3 Å². The maximum Gasteiger partial charge on any atom is 0.0940 e. The molecule has 2 saturated heterocycles. The third kappa shape index (κ3) is 3.45. The lowest BCUT2D eigenvalue weighted by atomic mass is 9.80. The number of hydrogen-bond acceptors (Lipinski definition) is 4. The van der Waals surface area contributed by atoms with Crippen molar-refractivity contribution in [2.75, 3.05) is 25.6 Å². The molecule has 1 spiro atoms. The Balaban J connectivity index is 1.67. The number of benzene rings is 1. The molecule has 0 bridgehead atoms. The van der Waals surface area contributed by atoms with Crippen LogP contribution >= 0.6 is 11.8 Å². The molecule has 3 rings (SSSR count). The van der Waals surface area contributed by atoms with Crippen molar-refractivity contribution in [1.29, 1.82) is 0 Å². The molecule has 0 saturated carbocycles. The second-order valence-electron chi connectivity index (χ2n) is 6.03. The summed E-state index contributed by atoms with van der Waals surface area (Å²) in [6.07, 6.45) is 2.39. The van der Waals surface area contributed by atoms with E-state index in [0.29, 0.717) is 6.61 Å². The van der Waals surface area contributed by atoms with Gasteiger partial charge in [0.2, 0.25) is 0 Å². The fraction of sp³-hybridized carbons (Fsp3) is 0.647. The van der Waals surface area contributed by atoms with E-state index < -0.39 is 6.10 Å². The predicted octanol–water partition coefficient (Wildman–Crippen LogP) is 3.42. The van der Waals surface area contributed by atoms with Crippen molar-refractivity contribution in [3.05, 3.63) is 29.8 Å². The highest BCUT2D eigenvalue weighted by Gasteiger charge is 2.42. The summed E-state index contributed by atoms with van der Waals surface area (Å²) in [7, 11) is 0. The number of aliphatic hydroxyl groups is 1. The molecule has 2 aliphatic rings. The van der Waals surface area contributed by atoms with Crippen molar-refractivity contribution in [1.82, 2.24) is 0 Å². The molecule has 0 radical (unpaired) electrons. The van der Waals surface area contributed by atoms with Crippen LogP contribution in [0.4, 0.5) is 0 Å². The van der Waals surface area contributed by atoms with E-state index in [1.54, 1.807) is 0 Å². The van der Waals surface area contributed by atoms with E-state index in [1.807, 2.05) is 11.8 Å². The monoisotopic (exact) mass is 308 g/mol. The van der Waals surface area contributed by atoms with Gasteiger partial charge >= 0.3 is 0 Å². The second kappa shape index (κ2) is 6.69. The minimum Gasteiger partial charge on any atom is -0.388 e. The highest BCUT2D eigenvalue weighted by atomic mass is 32.2. The normalized spacial score (nSPS) is 30.7. The summed E-state index contributed by atoms with van der Waals surface area (Å²) in [6.45, 7) is 4.35. The van der Waals surface area contributed by atoms with Gasteiger partial charge in [-0.25, -0.2) is 0 Å². The minimum atomic E-state index is -0.396. The van der Waals surface area contributed by atoms with Gasteiger partial charge in [0, 0.05) is 24.5 Å². The van der Waals surface area contributed by atoms with E-state index in [-0.39, 0.29) is 11.5 Å². The van der Waals surface area contributed by atoms with Crippen LogP contribution in [0.2, 0.25) is 0 Å². The molecular formula is C17H24O3S. The molecule has 1 N–H and O–H groups in total. The fourth-order valence-electron chi connectivity index (χ4n) is 3.40. The number of ether oxygens (including phenoxy) is 2. The van der Waals surface area contributed by atoms with Gasteiger partial charge in [-0.3, -0.25) is 0 Å². The first-order chi connectivity index (χ1) is 10.2. The molecule has 0 aromatic heterocycles. The van der Waals surface area contributed by atoms with Crippen LogP contribution in [0.25, 0.3) is 0 Å². The molecular weight excluding hydrogens is 284 g/mol. The van der Waals surface area contributed by atoms with Gasteiger partial charge in [0.15, 0.2) is 0 Å². The Bertz CT molecular complexity index is 454. The SMILES string of the molecule is CCSc1ccc(C(O)C2CCOC3(CCOC3)C2)cc1. The van der Waals surface area contributed by atoms with Crippen LogP contribution in [0.3, 0.4) is 0 Å². The minimum absolute atomic E-state index is 0.137. The third-order valence-corrected chi connectivity index (χ3v) is 5.47. The number of aliphatic hydroxyl groups excluding tert-OH is 1. The lowest BCUT2D eigenvalue weighted by molar-refractivity contribution is -0.117. The van der Waals surface area contributed by atoms with Crippen molar-refractivity contribution in [2.24, 2.45) is 5.92 Å². The highest BCUT2D eigenvalue weighted by Crippen LogP contribution is 2.41. The quantitative estimate of drug-likeness (QED) is 0.865. The molecule has 116 valence electrons. The van der Waals surface area contributed by atoms with Gasteiger partial charge in [-0.2, -0.15) is 0 Å². The van der Waals surface area contributed by atoms with Crippen LogP contribution < -0.4 is 0 Å². The lowest BCUT2D eigenvalue weighted by Gasteiger charge is -2.39. The molecule has 2 heterocycles. The first-order valence-electron chi connectivity index (χ1n) is 7.85. The van der Waals surface area contributed by atoms with Crippen LogP contribution in [0.1, 0.15) is 37.9 Å². The van der Waals surface area contributed by atoms with Crippen molar-refractivity contribution in [2.45, 2.75) is 42.8 Å². The molecule has 0 aliphatic carbocycles. The Labute approximate surface area is 131 Å². The van der Waals surface area contributed by atoms with Crippen LogP contribution in [-0.4, -0.2) is 36.3 Å². The van der Waals surface area contributed by atoms with Crippen LogP contribution in [0, 0.1) is 5.92 Å². The molecule has 3 atom stereocenters. The Morgan fingerprint density at radius 1 is 1.33 bits per heavy atom. The summed E-state index contributed by atoms with van der Waals surface area (Å²) in [4.78, 5) is 1.26. The van der Waals surface area contributed by atoms with E-state index in [9.17, 15) is 5.11 Å². The van der Waals surface area contributed by atoms with E-state index in [4.69, 9.17) is 9.47 Å². The molecule has 21 heavy (non-hydrogen) atoms. The summed E-state index contributed by atoms with van der Waals surface area (Å²) in [5.41, 5.74) is 0.887. The average molecular weight is 308 g/mol. The lowest BCUT2D eigenvalue weighted by Crippen LogP contribution is -2.41. The fourth-order valence-corrected chi connectivity index (χ4v) is 4.06. The zero-order valence-corrected chi connectivity index (χ0v) is 13.4. The summed E-state index contributed by atoms with van der Waals surface area (Å²) in [5.74, 6) is 1.34. The van der Waals surface area contributed by atoms with Crippen LogP contribution in [0.5, 0.6) is 0 Å². The predicted molar refractivity (Wildman–Crippen MR) is 84.6 cm³/mol. The average Bonchev–Trinajstić information content (AvgIpc) is 2.95. The summed E-state index contributed by atoms with van der Waals surface area (Å²) < 4.78 is 11.5. The molecule has 4 heteroatoms. The van der Waals surface area contributed by atoms with Crippen molar-refractivity contribution < 1.29 is 14.6 Å². The smallest absolute Gasteiger partial charge is 0.0940 e. The van der Waals surface area contributed by atoms with Gasteiger partial charge < -0.3 is 14.6 Å². The van der Waals surface area contributed by atoms with Crippen molar-refractivity contribution in [3.8, 4) is 0 Å². The highest BCUT2D eigenvalue weighted by molar-refractivity contribution is 7.99. The number of rotatable bonds is 4. The van der Waals surface area contributed by atoms with Crippen molar-refractivity contribution in [3.63, 3.8) is 0 Å². The Kier molecular flexibility index (Phi) is 4.89. The summed E-state index contributed by atoms with van der Waals surface area (Å²) in [5, 5.41) is 10.7. The van der Waals surface area contributed by atoms with Gasteiger partial charge in [-0.05, 0) is 42.2 Å². The summed E-state index contributed by atoms with van der Waals surface area (Å²) in [6, 6.07) is 8.35. The third-order valence-electron chi connectivity index (χ3n) is 4.58. The molecule has 3 unspecified atom stereocenters. The Morgan fingerprint density at radius 3 is 2.81 bits per heavy atom. The number of thioether (sulfide) groups is 1. The molecule has 2 fully saturated rings.